The first kappa shape index (κ1) is 29.5. The van der Waals surface area contributed by atoms with Gasteiger partial charge in [0, 0.05) is 25.9 Å². The molecule has 0 saturated carbocycles. The van der Waals surface area contributed by atoms with Crippen LogP contribution < -0.4 is 10.6 Å². The molecule has 10 heteroatoms. The normalized spacial score (nSPS) is 17.7. The van der Waals surface area contributed by atoms with Crippen LogP contribution in [0.5, 0.6) is 0 Å². The van der Waals surface area contributed by atoms with Crippen LogP contribution in [0.4, 0.5) is 4.79 Å². The van der Waals surface area contributed by atoms with Crippen LogP contribution in [0.15, 0.2) is 89.8 Å². The highest BCUT2D eigenvalue weighted by atomic mass is 32.2. The van der Waals surface area contributed by atoms with Gasteiger partial charge in [0.05, 0.1) is 23.9 Å². The minimum Gasteiger partial charge on any atom is -0.349 e. The average molecular weight is 589 g/mol. The van der Waals surface area contributed by atoms with E-state index in [-0.39, 0.29) is 29.3 Å². The van der Waals surface area contributed by atoms with Gasteiger partial charge in [0.25, 0.3) is 5.91 Å². The zero-order chi connectivity index (χ0) is 29.7. The average Bonchev–Trinajstić information content (AvgIpc) is 3.20. The lowest BCUT2D eigenvalue weighted by Crippen LogP contribution is -2.55. The second kappa shape index (κ2) is 12.5. The second-order valence-electron chi connectivity index (χ2n) is 11.1. The fraction of sp³-hybridized carbons (Fsp3) is 0.344. The molecule has 0 bridgehead atoms. The molecule has 0 unspecified atom stereocenters. The van der Waals surface area contributed by atoms with E-state index in [0.717, 1.165) is 23.9 Å². The summed E-state index contributed by atoms with van der Waals surface area (Å²) in [6.07, 6.45) is 3.17. The molecule has 2 heterocycles. The van der Waals surface area contributed by atoms with E-state index in [1.54, 1.807) is 12.1 Å². The van der Waals surface area contributed by atoms with Crippen LogP contribution in [-0.4, -0.2) is 67.5 Å². The topological polar surface area (TPSA) is 116 Å². The fourth-order valence-electron chi connectivity index (χ4n) is 5.69. The van der Waals surface area contributed by atoms with Crippen LogP contribution in [0.1, 0.15) is 42.0 Å². The van der Waals surface area contributed by atoms with Gasteiger partial charge in [-0.05, 0) is 48.1 Å². The standard InChI is InChI=1S/C32H36N4O5S/c1-42(40,41)27-14-12-25(13-15-27)23-36-30(38)32(34-31(36)39)17-20-35(21-18-32)19-16-28(26-10-6-3-7-11-26)33-29(37)22-24-8-4-2-5-9-24/h2-15,28H,16-23H2,1H3,(H,33,37)(H,34,39)/t28-/m0/s1. The summed E-state index contributed by atoms with van der Waals surface area (Å²) >= 11 is 0. The second-order valence-corrected chi connectivity index (χ2v) is 13.2. The Hall–Kier alpha value is -4.02. The van der Waals surface area contributed by atoms with Gasteiger partial charge < -0.3 is 15.5 Å². The summed E-state index contributed by atoms with van der Waals surface area (Å²) in [4.78, 5) is 42.8. The molecule has 1 atom stereocenters. The van der Waals surface area contributed by atoms with Crippen molar-refractivity contribution < 1.29 is 22.8 Å². The lowest BCUT2D eigenvalue weighted by Gasteiger charge is -2.37. The molecule has 5 rings (SSSR count). The fourth-order valence-corrected chi connectivity index (χ4v) is 6.32. The Morgan fingerprint density at radius 3 is 2.14 bits per heavy atom. The number of likely N-dealkylation sites (tertiary alicyclic amines) is 1. The summed E-state index contributed by atoms with van der Waals surface area (Å²) < 4.78 is 23.5. The van der Waals surface area contributed by atoms with Gasteiger partial charge in [-0.2, -0.15) is 0 Å². The predicted molar refractivity (Wildman–Crippen MR) is 159 cm³/mol. The number of carbonyl (C=O) groups excluding carboxylic acids is 3. The molecule has 2 fully saturated rings. The van der Waals surface area contributed by atoms with E-state index in [9.17, 15) is 22.8 Å². The Bertz CT molecular complexity index is 1520. The van der Waals surface area contributed by atoms with Gasteiger partial charge in [0.1, 0.15) is 5.54 Å². The Morgan fingerprint density at radius 1 is 0.905 bits per heavy atom. The molecule has 2 saturated heterocycles. The maximum absolute atomic E-state index is 13.4. The van der Waals surface area contributed by atoms with Crippen molar-refractivity contribution in [2.24, 2.45) is 0 Å². The van der Waals surface area contributed by atoms with Crippen LogP contribution >= 0.6 is 0 Å². The highest BCUT2D eigenvalue weighted by Crippen LogP contribution is 2.31. The smallest absolute Gasteiger partial charge is 0.325 e. The number of hydrogen-bond acceptors (Lipinski definition) is 6. The molecule has 220 valence electrons. The highest BCUT2D eigenvalue weighted by Gasteiger charge is 2.52. The van der Waals surface area contributed by atoms with E-state index in [0.29, 0.717) is 44.3 Å². The minimum absolute atomic E-state index is 0.0297. The molecule has 0 aromatic heterocycles. The summed E-state index contributed by atoms with van der Waals surface area (Å²) in [5.41, 5.74) is 1.77. The monoisotopic (exact) mass is 588 g/mol. The maximum Gasteiger partial charge on any atom is 0.325 e. The first-order valence-electron chi connectivity index (χ1n) is 14.2. The minimum atomic E-state index is -3.33. The molecule has 42 heavy (non-hydrogen) atoms. The van der Waals surface area contributed by atoms with Crippen molar-refractivity contribution in [2.45, 2.75) is 48.7 Å². The van der Waals surface area contributed by atoms with Crippen molar-refractivity contribution in [2.75, 3.05) is 25.9 Å². The van der Waals surface area contributed by atoms with Gasteiger partial charge in [0.2, 0.25) is 5.91 Å². The van der Waals surface area contributed by atoms with E-state index in [1.807, 2.05) is 60.7 Å². The van der Waals surface area contributed by atoms with Crippen molar-refractivity contribution in [3.63, 3.8) is 0 Å². The summed E-state index contributed by atoms with van der Waals surface area (Å²) in [7, 11) is -3.33. The lowest BCUT2D eigenvalue weighted by molar-refractivity contribution is -0.133. The number of sulfone groups is 1. The van der Waals surface area contributed by atoms with Crippen molar-refractivity contribution in [1.29, 1.82) is 0 Å². The number of imide groups is 1. The number of amides is 4. The van der Waals surface area contributed by atoms with Crippen LogP contribution in [0.25, 0.3) is 0 Å². The zero-order valence-electron chi connectivity index (χ0n) is 23.7. The molecule has 2 aliphatic heterocycles. The SMILES string of the molecule is CS(=O)(=O)c1ccc(CN2C(=O)NC3(CCN(CC[C@H](NC(=O)Cc4ccccc4)c4ccccc4)CC3)C2=O)cc1. The number of carbonyl (C=O) groups is 3. The van der Waals surface area contributed by atoms with Gasteiger partial charge >= 0.3 is 6.03 Å². The van der Waals surface area contributed by atoms with Crippen molar-refractivity contribution in [1.82, 2.24) is 20.4 Å². The third kappa shape index (κ3) is 6.88. The highest BCUT2D eigenvalue weighted by molar-refractivity contribution is 7.90. The predicted octanol–water partition coefficient (Wildman–Crippen LogP) is 3.47. The third-order valence-corrected chi connectivity index (χ3v) is 9.25. The third-order valence-electron chi connectivity index (χ3n) is 8.13. The number of rotatable bonds is 10. The van der Waals surface area contributed by atoms with Crippen LogP contribution in [0.3, 0.4) is 0 Å². The number of nitrogens with zero attached hydrogens (tertiary/aromatic N) is 2. The van der Waals surface area contributed by atoms with Crippen molar-refractivity contribution in [3.05, 3.63) is 102 Å². The molecular weight excluding hydrogens is 552 g/mol. The van der Waals surface area contributed by atoms with Gasteiger partial charge in [0.15, 0.2) is 9.84 Å². The molecule has 4 amide bonds. The first-order chi connectivity index (χ1) is 20.1. The molecule has 3 aromatic carbocycles. The van der Waals surface area contributed by atoms with Gasteiger partial charge in [-0.3, -0.25) is 14.5 Å². The van der Waals surface area contributed by atoms with E-state index in [4.69, 9.17) is 0 Å². The Labute approximate surface area is 246 Å². The lowest BCUT2D eigenvalue weighted by atomic mass is 9.87. The Kier molecular flexibility index (Phi) is 8.74. The molecule has 1 spiro atoms. The van der Waals surface area contributed by atoms with Gasteiger partial charge in [-0.1, -0.05) is 72.8 Å². The van der Waals surface area contributed by atoms with Crippen molar-refractivity contribution >= 4 is 27.7 Å². The molecule has 0 radical (unpaired) electrons. The van der Waals surface area contributed by atoms with E-state index in [2.05, 4.69) is 15.5 Å². The van der Waals surface area contributed by atoms with Crippen LogP contribution in [0, 0.1) is 0 Å². The molecule has 0 aliphatic carbocycles. The van der Waals surface area contributed by atoms with Crippen LogP contribution in [-0.2, 0) is 32.4 Å². The number of nitrogens with one attached hydrogen (secondary N) is 2. The van der Waals surface area contributed by atoms with Crippen molar-refractivity contribution in [3.8, 4) is 0 Å². The van der Waals surface area contributed by atoms with E-state index < -0.39 is 21.4 Å². The Morgan fingerprint density at radius 2 is 1.52 bits per heavy atom. The van der Waals surface area contributed by atoms with Crippen LogP contribution in [0.2, 0.25) is 0 Å². The summed E-state index contributed by atoms with van der Waals surface area (Å²) in [5.74, 6) is -0.271. The van der Waals surface area contributed by atoms with Gasteiger partial charge in [-0.15, -0.1) is 0 Å². The summed E-state index contributed by atoms with van der Waals surface area (Å²) in [5, 5.41) is 6.15. The summed E-state index contributed by atoms with van der Waals surface area (Å²) in [6, 6.07) is 25.3. The van der Waals surface area contributed by atoms with E-state index in [1.165, 1.54) is 17.0 Å². The molecule has 3 aromatic rings. The number of benzene rings is 3. The molecule has 2 N–H and O–H groups in total. The Balaban J connectivity index is 1.17. The first-order valence-corrected chi connectivity index (χ1v) is 16.1. The number of piperidine rings is 1. The van der Waals surface area contributed by atoms with Gasteiger partial charge in [-0.25, -0.2) is 13.2 Å². The molecular formula is C32H36N4O5S. The quantitative estimate of drug-likeness (QED) is 0.351. The number of hydrogen-bond donors (Lipinski definition) is 2. The van der Waals surface area contributed by atoms with E-state index >= 15 is 0 Å². The maximum atomic E-state index is 13.4. The molecule has 2 aliphatic rings. The summed E-state index contributed by atoms with van der Waals surface area (Å²) in [6.45, 7) is 2.10. The largest absolute Gasteiger partial charge is 0.349 e. The zero-order valence-corrected chi connectivity index (χ0v) is 24.5. The number of urea groups is 1. The molecule has 9 nitrogen and oxygen atoms in total.